The lowest BCUT2D eigenvalue weighted by Gasteiger charge is -2.19. The third-order valence-corrected chi connectivity index (χ3v) is 8.30. The molecule has 1 atom stereocenters. The first kappa shape index (κ1) is 30.5. The minimum Gasteiger partial charge on any atom is -0.507 e. The van der Waals surface area contributed by atoms with Gasteiger partial charge in [-0.1, -0.05) is 18.2 Å². The van der Waals surface area contributed by atoms with Crippen LogP contribution in [0.2, 0.25) is 0 Å². The summed E-state index contributed by atoms with van der Waals surface area (Å²) < 4.78 is 55.4. The van der Waals surface area contributed by atoms with Crippen LogP contribution in [0.3, 0.4) is 0 Å². The molecule has 4 aromatic rings. The molecule has 2 N–H and O–H groups in total. The number of nitrogens with one attached hydrogen (secondary N) is 1. The van der Waals surface area contributed by atoms with E-state index < -0.39 is 21.6 Å². The number of fused-ring (bicyclic) bond motifs is 1. The van der Waals surface area contributed by atoms with Gasteiger partial charge in [0.05, 0.1) is 44.0 Å². The van der Waals surface area contributed by atoms with Crippen LogP contribution in [-0.4, -0.2) is 65.3 Å². The van der Waals surface area contributed by atoms with Crippen molar-refractivity contribution >= 4 is 26.7 Å². The number of anilines is 1. The largest absolute Gasteiger partial charge is 0.507 e. The Labute approximate surface area is 249 Å². The van der Waals surface area contributed by atoms with E-state index in [1.54, 1.807) is 55.6 Å². The van der Waals surface area contributed by atoms with Crippen molar-refractivity contribution in [2.24, 2.45) is 5.92 Å². The Kier molecular flexibility index (Phi) is 9.93. The first-order chi connectivity index (χ1) is 20.9. The number of benzene rings is 2. The van der Waals surface area contributed by atoms with E-state index in [1.807, 2.05) is 6.07 Å². The zero-order chi connectivity index (χ0) is 30.2. The van der Waals surface area contributed by atoms with Crippen LogP contribution < -0.4 is 15.1 Å². The molecule has 0 bridgehead atoms. The Morgan fingerprint density at radius 1 is 0.977 bits per heavy atom. The van der Waals surface area contributed by atoms with Crippen LogP contribution in [-0.2, 0) is 24.2 Å². The molecule has 0 aliphatic heterocycles. The fourth-order valence-corrected chi connectivity index (χ4v) is 5.84. The molecular formula is C31H34N2O9S. The van der Waals surface area contributed by atoms with E-state index in [0.29, 0.717) is 55.4 Å². The highest BCUT2D eigenvalue weighted by Gasteiger charge is 2.38. The number of ether oxygens (including phenoxy) is 4. The van der Waals surface area contributed by atoms with E-state index in [0.717, 1.165) is 12.8 Å². The molecule has 2 aromatic heterocycles. The third-order valence-electron chi connectivity index (χ3n) is 7.00. The SMILES string of the molecule is COCCOCCOCCOc1ccc2c(O)c(C(c3cccc(NS(=O)(=O)c4ccccn4)c3)C3CC3)c(=O)oc2c1. The van der Waals surface area contributed by atoms with Gasteiger partial charge in [0.15, 0.2) is 5.03 Å². The maximum atomic E-state index is 13.3. The normalized spacial score (nSPS) is 14.1. The second-order valence-electron chi connectivity index (χ2n) is 10.1. The van der Waals surface area contributed by atoms with Crippen molar-refractivity contribution in [1.82, 2.24) is 4.98 Å². The molecule has 0 amide bonds. The highest BCUT2D eigenvalue weighted by molar-refractivity contribution is 7.92. The first-order valence-corrected chi connectivity index (χ1v) is 15.5. The number of aromatic hydroxyl groups is 1. The average molecular weight is 611 g/mol. The number of aromatic nitrogens is 1. The summed E-state index contributed by atoms with van der Waals surface area (Å²) in [6.45, 7) is 2.55. The van der Waals surface area contributed by atoms with Crippen molar-refractivity contribution < 1.29 is 36.9 Å². The van der Waals surface area contributed by atoms with Gasteiger partial charge in [-0.05, 0) is 60.7 Å². The molecule has 0 spiro atoms. The number of hydrogen-bond acceptors (Lipinski definition) is 10. The molecule has 1 saturated carbocycles. The Bertz CT molecular complexity index is 1690. The van der Waals surface area contributed by atoms with Crippen LogP contribution in [0, 0.1) is 5.92 Å². The maximum Gasteiger partial charge on any atom is 0.343 e. The fraction of sp³-hybridized carbons (Fsp3) is 0.355. The topological polar surface area (TPSA) is 146 Å². The third kappa shape index (κ3) is 7.71. The molecule has 2 aromatic carbocycles. The predicted octanol–water partition coefficient (Wildman–Crippen LogP) is 4.29. The van der Waals surface area contributed by atoms with Crippen molar-refractivity contribution in [3.05, 3.63) is 88.4 Å². The van der Waals surface area contributed by atoms with Crippen molar-refractivity contribution in [2.75, 3.05) is 51.5 Å². The Morgan fingerprint density at radius 2 is 1.74 bits per heavy atom. The van der Waals surface area contributed by atoms with Gasteiger partial charge in [0.25, 0.3) is 10.0 Å². The molecule has 5 rings (SSSR count). The zero-order valence-electron chi connectivity index (χ0n) is 23.7. The monoisotopic (exact) mass is 610 g/mol. The molecule has 11 nitrogen and oxygen atoms in total. The van der Waals surface area contributed by atoms with Gasteiger partial charge in [0.2, 0.25) is 0 Å². The second kappa shape index (κ2) is 14.0. The van der Waals surface area contributed by atoms with E-state index in [4.69, 9.17) is 23.4 Å². The minimum atomic E-state index is -3.91. The van der Waals surface area contributed by atoms with E-state index in [1.165, 1.54) is 12.3 Å². The quantitative estimate of drug-likeness (QED) is 0.139. The minimum absolute atomic E-state index is 0.0990. The molecule has 1 fully saturated rings. The van der Waals surface area contributed by atoms with Gasteiger partial charge in [0, 0.05) is 31.0 Å². The van der Waals surface area contributed by atoms with E-state index in [-0.39, 0.29) is 34.4 Å². The summed E-state index contributed by atoms with van der Waals surface area (Å²) in [5.41, 5.74) is 0.699. The summed E-state index contributed by atoms with van der Waals surface area (Å²) in [4.78, 5) is 17.2. The molecule has 0 radical (unpaired) electrons. The summed E-state index contributed by atoms with van der Waals surface area (Å²) in [6.07, 6.45) is 3.13. The van der Waals surface area contributed by atoms with Gasteiger partial charge in [-0.2, -0.15) is 8.42 Å². The molecule has 2 heterocycles. The van der Waals surface area contributed by atoms with E-state index >= 15 is 0 Å². The number of sulfonamides is 1. The molecule has 12 heteroatoms. The van der Waals surface area contributed by atoms with Gasteiger partial charge < -0.3 is 28.5 Å². The van der Waals surface area contributed by atoms with Gasteiger partial charge in [-0.15, -0.1) is 0 Å². The standard InChI is InChI=1S/C31H34N2O9S/c1-38-13-14-39-15-16-40-17-18-41-24-10-11-25-26(20-24)42-31(35)29(30(25)34)28(21-8-9-21)22-5-4-6-23(19-22)33-43(36,37)27-7-2-3-12-32-27/h2-7,10-12,19-21,28,33-34H,8-9,13-18H2,1H3. The number of rotatable bonds is 16. The Morgan fingerprint density at radius 3 is 2.47 bits per heavy atom. The van der Waals surface area contributed by atoms with Gasteiger partial charge in [-0.25, -0.2) is 9.78 Å². The van der Waals surface area contributed by atoms with Gasteiger partial charge >= 0.3 is 5.63 Å². The Hall–Kier alpha value is -3.97. The lowest BCUT2D eigenvalue weighted by atomic mass is 9.86. The predicted molar refractivity (Wildman–Crippen MR) is 159 cm³/mol. The number of hydrogen-bond donors (Lipinski definition) is 2. The van der Waals surface area contributed by atoms with E-state index in [2.05, 4.69) is 9.71 Å². The molecule has 1 aliphatic rings. The fourth-order valence-electron chi connectivity index (χ4n) is 4.84. The summed E-state index contributed by atoms with van der Waals surface area (Å²) in [6, 6.07) is 16.4. The second-order valence-corrected chi connectivity index (χ2v) is 11.7. The van der Waals surface area contributed by atoms with Crippen molar-refractivity contribution in [1.29, 1.82) is 0 Å². The van der Waals surface area contributed by atoms with Crippen molar-refractivity contribution in [2.45, 2.75) is 23.8 Å². The van der Waals surface area contributed by atoms with Crippen LogP contribution in [0.4, 0.5) is 5.69 Å². The van der Waals surface area contributed by atoms with Crippen molar-refractivity contribution in [3.8, 4) is 11.5 Å². The molecule has 0 saturated heterocycles. The molecule has 1 aliphatic carbocycles. The highest BCUT2D eigenvalue weighted by atomic mass is 32.2. The van der Waals surface area contributed by atoms with Crippen molar-refractivity contribution in [3.63, 3.8) is 0 Å². The smallest absolute Gasteiger partial charge is 0.343 e. The summed E-state index contributed by atoms with van der Waals surface area (Å²) in [5, 5.41) is 11.6. The van der Waals surface area contributed by atoms with Crippen LogP contribution in [0.1, 0.15) is 29.9 Å². The average Bonchev–Trinajstić information content (AvgIpc) is 3.84. The van der Waals surface area contributed by atoms with Crippen LogP contribution >= 0.6 is 0 Å². The summed E-state index contributed by atoms with van der Waals surface area (Å²) >= 11 is 0. The lowest BCUT2D eigenvalue weighted by molar-refractivity contribution is 0.0180. The number of nitrogens with zero attached hydrogens (tertiary/aromatic N) is 1. The molecule has 1 unspecified atom stereocenters. The van der Waals surface area contributed by atoms with Gasteiger partial charge in [-0.3, -0.25) is 4.72 Å². The molecule has 43 heavy (non-hydrogen) atoms. The van der Waals surface area contributed by atoms with Crippen LogP contribution in [0.15, 0.2) is 81.1 Å². The zero-order valence-corrected chi connectivity index (χ0v) is 24.5. The summed E-state index contributed by atoms with van der Waals surface area (Å²) in [7, 11) is -2.30. The van der Waals surface area contributed by atoms with Gasteiger partial charge in [0.1, 0.15) is 23.7 Å². The number of methoxy groups -OCH3 is 1. The number of pyridine rings is 1. The van der Waals surface area contributed by atoms with Crippen LogP contribution in [0.25, 0.3) is 11.0 Å². The molecular weight excluding hydrogens is 576 g/mol. The summed E-state index contributed by atoms with van der Waals surface area (Å²) in [5.74, 6) is -0.0752. The van der Waals surface area contributed by atoms with Crippen LogP contribution in [0.5, 0.6) is 11.5 Å². The Balaban J connectivity index is 1.31. The lowest BCUT2D eigenvalue weighted by Crippen LogP contribution is -2.17. The first-order valence-electron chi connectivity index (χ1n) is 14.0. The maximum absolute atomic E-state index is 13.3. The highest BCUT2D eigenvalue weighted by Crippen LogP contribution is 2.49. The van der Waals surface area contributed by atoms with E-state index in [9.17, 15) is 18.3 Å². The molecule has 228 valence electrons.